The number of amides is 2. The normalized spacial score (nSPS) is 22.1. The standard InChI is InChI=1S/C15H21N3O2S/c1-21-10-15(20)17-13-8-18(9-14(16)19)7-12(13)11-5-3-2-4-6-11/h2-6,12-13H,7-10H2,1H3,(H2,16,19)(H,17,20). The van der Waals surface area contributed by atoms with Crippen LogP contribution in [0.3, 0.4) is 0 Å². The van der Waals surface area contributed by atoms with Crippen LogP contribution < -0.4 is 11.1 Å². The molecule has 1 fully saturated rings. The van der Waals surface area contributed by atoms with Crippen molar-refractivity contribution in [3.05, 3.63) is 35.9 Å². The van der Waals surface area contributed by atoms with E-state index in [9.17, 15) is 9.59 Å². The van der Waals surface area contributed by atoms with E-state index in [1.807, 2.05) is 29.4 Å². The molecule has 5 nitrogen and oxygen atoms in total. The van der Waals surface area contributed by atoms with Gasteiger partial charge in [-0.3, -0.25) is 14.5 Å². The molecular formula is C15H21N3O2S. The Bertz CT molecular complexity index is 495. The topological polar surface area (TPSA) is 75.4 Å². The minimum absolute atomic E-state index is 0.0198. The van der Waals surface area contributed by atoms with E-state index in [4.69, 9.17) is 5.73 Å². The Morgan fingerprint density at radius 1 is 1.33 bits per heavy atom. The molecule has 114 valence electrons. The van der Waals surface area contributed by atoms with Crippen LogP contribution in [0.5, 0.6) is 0 Å². The number of hydrogen-bond donors (Lipinski definition) is 2. The molecule has 0 aliphatic carbocycles. The smallest absolute Gasteiger partial charge is 0.231 e. The van der Waals surface area contributed by atoms with Gasteiger partial charge in [0.15, 0.2) is 0 Å². The van der Waals surface area contributed by atoms with Gasteiger partial charge in [-0.25, -0.2) is 0 Å². The largest absolute Gasteiger partial charge is 0.369 e. The quantitative estimate of drug-likeness (QED) is 0.799. The van der Waals surface area contributed by atoms with Crippen molar-refractivity contribution in [1.82, 2.24) is 10.2 Å². The van der Waals surface area contributed by atoms with Crippen LogP contribution in [0.1, 0.15) is 11.5 Å². The van der Waals surface area contributed by atoms with Gasteiger partial charge in [0.05, 0.1) is 12.3 Å². The number of nitrogens with one attached hydrogen (secondary N) is 1. The molecule has 2 unspecified atom stereocenters. The first kappa shape index (κ1) is 15.9. The van der Waals surface area contributed by atoms with Gasteiger partial charge in [-0.2, -0.15) is 11.8 Å². The predicted octanol–water partition coefficient (Wildman–Crippen LogP) is 0.419. The summed E-state index contributed by atoms with van der Waals surface area (Å²) < 4.78 is 0. The molecule has 0 radical (unpaired) electrons. The van der Waals surface area contributed by atoms with Crippen LogP contribution in [0.4, 0.5) is 0 Å². The number of primary amides is 1. The van der Waals surface area contributed by atoms with E-state index in [1.54, 1.807) is 0 Å². The fraction of sp³-hybridized carbons (Fsp3) is 0.467. The molecular weight excluding hydrogens is 286 g/mol. The fourth-order valence-electron chi connectivity index (χ4n) is 2.80. The minimum atomic E-state index is -0.335. The lowest BCUT2D eigenvalue weighted by atomic mass is 9.94. The van der Waals surface area contributed by atoms with E-state index in [-0.39, 0.29) is 30.3 Å². The van der Waals surface area contributed by atoms with Crippen molar-refractivity contribution in [2.45, 2.75) is 12.0 Å². The summed E-state index contributed by atoms with van der Waals surface area (Å²) in [5.74, 6) is 0.344. The minimum Gasteiger partial charge on any atom is -0.369 e. The summed E-state index contributed by atoms with van der Waals surface area (Å²) in [7, 11) is 0. The Kier molecular flexibility index (Phi) is 5.64. The van der Waals surface area contributed by atoms with E-state index in [1.165, 1.54) is 17.3 Å². The highest BCUT2D eigenvalue weighted by atomic mass is 32.2. The molecule has 0 bridgehead atoms. The number of likely N-dealkylation sites (tertiary alicyclic amines) is 1. The van der Waals surface area contributed by atoms with E-state index in [0.29, 0.717) is 12.3 Å². The Hall–Kier alpha value is -1.53. The van der Waals surface area contributed by atoms with Crippen LogP contribution in [0.2, 0.25) is 0 Å². The van der Waals surface area contributed by atoms with Crippen molar-refractivity contribution in [3.8, 4) is 0 Å². The van der Waals surface area contributed by atoms with Gasteiger partial charge >= 0.3 is 0 Å². The molecule has 0 aromatic heterocycles. The number of thioether (sulfide) groups is 1. The zero-order valence-electron chi connectivity index (χ0n) is 12.1. The molecule has 2 rings (SSSR count). The van der Waals surface area contributed by atoms with E-state index in [2.05, 4.69) is 17.4 Å². The first-order valence-electron chi connectivity index (χ1n) is 6.94. The molecule has 0 spiro atoms. The second-order valence-corrected chi connectivity index (χ2v) is 6.15. The summed E-state index contributed by atoms with van der Waals surface area (Å²) in [6.07, 6.45) is 1.91. The number of nitrogens with two attached hydrogens (primary N) is 1. The second-order valence-electron chi connectivity index (χ2n) is 5.28. The van der Waals surface area contributed by atoms with Gasteiger partial charge in [0.1, 0.15) is 0 Å². The SMILES string of the molecule is CSCC(=O)NC1CN(CC(N)=O)CC1c1ccccc1. The fourth-order valence-corrected chi connectivity index (χ4v) is 3.14. The van der Waals surface area contributed by atoms with Crippen LogP contribution in [0, 0.1) is 0 Å². The Balaban J connectivity index is 2.10. The molecule has 6 heteroatoms. The molecule has 1 saturated heterocycles. The average molecular weight is 307 g/mol. The highest BCUT2D eigenvalue weighted by Gasteiger charge is 2.35. The van der Waals surface area contributed by atoms with Crippen molar-refractivity contribution >= 4 is 23.6 Å². The van der Waals surface area contributed by atoms with Crippen LogP contribution in [0.25, 0.3) is 0 Å². The molecule has 1 aromatic carbocycles. The van der Waals surface area contributed by atoms with Gasteiger partial charge in [0.25, 0.3) is 0 Å². The first-order chi connectivity index (χ1) is 10.1. The number of hydrogen-bond acceptors (Lipinski definition) is 4. The third-order valence-electron chi connectivity index (χ3n) is 3.62. The maximum atomic E-state index is 11.9. The molecule has 0 saturated carbocycles. The molecule has 3 N–H and O–H groups in total. The van der Waals surface area contributed by atoms with Gasteiger partial charge in [-0.15, -0.1) is 0 Å². The Morgan fingerprint density at radius 3 is 2.67 bits per heavy atom. The number of nitrogens with zero attached hydrogens (tertiary/aromatic N) is 1. The summed E-state index contributed by atoms with van der Waals surface area (Å²) in [5.41, 5.74) is 6.46. The first-order valence-corrected chi connectivity index (χ1v) is 8.33. The van der Waals surface area contributed by atoms with Gasteiger partial charge in [0.2, 0.25) is 11.8 Å². The van der Waals surface area contributed by atoms with Crippen molar-refractivity contribution in [2.24, 2.45) is 5.73 Å². The molecule has 2 amide bonds. The van der Waals surface area contributed by atoms with E-state index >= 15 is 0 Å². The number of carbonyl (C=O) groups excluding carboxylic acids is 2. The van der Waals surface area contributed by atoms with Crippen molar-refractivity contribution in [2.75, 3.05) is 31.6 Å². The van der Waals surface area contributed by atoms with E-state index in [0.717, 1.165) is 6.54 Å². The summed E-state index contributed by atoms with van der Waals surface area (Å²) in [6.45, 7) is 1.62. The van der Waals surface area contributed by atoms with Gasteiger partial charge in [-0.05, 0) is 11.8 Å². The molecule has 21 heavy (non-hydrogen) atoms. The maximum absolute atomic E-state index is 11.9. The summed E-state index contributed by atoms with van der Waals surface area (Å²) in [6, 6.07) is 10.1. The Morgan fingerprint density at radius 2 is 2.05 bits per heavy atom. The number of carbonyl (C=O) groups is 2. The maximum Gasteiger partial charge on any atom is 0.231 e. The third kappa shape index (κ3) is 4.47. The predicted molar refractivity (Wildman–Crippen MR) is 85.1 cm³/mol. The molecule has 1 aliphatic rings. The summed E-state index contributed by atoms with van der Waals surface area (Å²) in [4.78, 5) is 25.0. The zero-order valence-corrected chi connectivity index (χ0v) is 12.9. The van der Waals surface area contributed by atoms with Gasteiger partial charge < -0.3 is 11.1 Å². The van der Waals surface area contributed by atoms with Crippen molar-refractivity contribution in [3.63, 3.8) is 0 Å². The molecule has 1 aliphatic heterocycles. The average Bonchev–Trinajstić information content (AvgIpc) is 2.81. The zero-order chi connectivity index (χ0) is 15.2. The third-order valence-corrected chi connectivity index (χ3v) is 4.18. The summed E-state index contributed by atoms with van der Waals surface area (Å²) in [5, 5.41) is 3.08. The van der Waals surface area contributed by atoms with Gasteiger partial charge in [-0.1, -0.05) is 30.3 Å². The second kappa shape index (κ2) is 7.47. The highest BCUT2D eigenvalue weighted by Crippen LogP contribution is 2.27. The van der Waals surface area contributed by atoms with Crippen LogP contribution in [0.15, 0.2) is 30.3 Å². The lowest BCUT2D eigenvalue weighted by molar-refractivity contribution is -0.119. The number of rotatable bonds is 6. The van der Waals surface area contributed by atoms with Crippen LogP contribution in [-0.4, -0.2) is 54.4 Å². The molecule has 1 aromatic rings. The van der Waals surface area contributed by atoms with Gasteiger partial charge in [0, 0.05) is 25.0 Å². The lowest BCUT2D eigenvalue weighted by Crippen LogP contribution is -2.41. The number of benzene rings is 1. The van der Waals surface area contributed by atoms with Crippen LogP contribution >= 0.6 is 11.8 Å². The molecule has 1 heterocycles. The Labute approximate surface area is 129 Å². The van der Waals surface area contributed by atoms with Crippen molar-refractivity contribution < 1.29 is 9.59 Å². The highest BCUT2D eigenvalue weighted by molar-refractivity contribution is 7.99. The van der Waals surface area contributed by atoms with E-state index < -0.39 is 0 Å². The summed E-state index contributed by atoms with van der Waals surface area (Å²) >= 11 is 1.50. The van der Waals surface area contributed by atoms with Crippen LogP contribution in [-0.2, 0) is 9.59 Å². The molecule has 2 atom stereocenters. The lowest BCUT2D eigenvalue weighted by Gasteiger charge is -2.20. The van der Waals surface area contributed by atoms with Crippen molar-refractivity contribution in [1.29, 1.82) is 0 Å². The monoisotopic (exact) mass is 307 g/mol.